The number of rotatable bonds is 3. The van der Waals surface area contributed by atoms with Crippen molar-refractivity contribution in [2.45, 2.75) is 29.6 Å². The molecule has 3 rings (SSSR count). The van der Waals surface area contributed by atoms with Crippen LogP contribution < -0.4 is 5.73 Å². The van der Waals surface area contributed by atoms with Gasteiger partial charge in [-0.2, -0.15) is 0 Å². The fraction of sp³-hybridized carbons (Fsp3) is 0.333. The molecule has 1 aromatic heterocycles. The fourth-order valence-electron chi connectivity index (χ4n) is 2.45. The summed E-state index contributed by atoms with van der Waals surface area (Å²) in [4.78, 5) is 5.44. The fourth-order valence-corrected chi connectivity index (χ4v) is 3.83. The molecule has 104 valence electrons. The van der Waals surface area contributed by atoms with Crippen LogP contribution in [-0.2, 0) is 4.74 Å². The molecule has 0 saturated carbocycles. The van der Waals surface area contributed by atoms with Crippen LogP contribution >= 0.6 is 11.8 Å². The maximum Gasteiger partial charge on any atom is 0.125 e. The van der Waals surface area contributed by atoms with Crippen molar-refractivity contribution in [3.63, 3.8) is 0 Å². The summed E-state index contributed by atoms with van der Waals surface area (Å²) in [5.74, 6) is 0.0670. The number of para-hydroxylation sites is 1. The third kappa shape index (κ3) is 2.39. The quantitative estimate of drug-likeness (QED) is 0.672. The normalized spacial score (nSPS) is 22.2. The number of nitrogens with zero attached hydrogens (tertiary/aromatic N) is 1. The molecule has 1 aromatic carbocycles. The molecule has 1 fully saturated rings. The number of hydrogen-bond donors (Lipinski definition) is 2. The van der Waals surface area contributed by atoms with Gasteiger partial charge in [0.05, 0.1) is 11.6 Å². The second-order valence-electron chi connectivity index (χ2n) is 4.95. The van der Waals surface area contributed by atoms with Crippen molar-refractivity contribution in [3.8, 4) is 0 Å². The van der Waals surface area contributed by atoms with E-state index in [0.29, 0.717) is 10.8 Å². The Hall–Kier alpha value is -1.59. The average molecular weight is 287 g/mol. The summed E-state index contributed by atoms with van der Waals surface area (Å²) in [6, 6.07) is 7.99. The van der Waals surface area contributed by atoms with Gasteiger partial charge in [-0.3, -0.25) is 10.4 Å². The zero-order valence-corrected chi connectivity index (χ0v) is 12.1. The number of benzene rings is 1. The monoisotopic (exact) mass is 287 g/mol. The highest BCUT2D eigenvalue weighted by Gasteiger charge is 2.27. The lowest BCUT2D eigenvalue weighted by Crippen LogP contribution is -2.17. The Morgan fingerprint density at radius 3 is 2.95 bits per heavy atom. The zero-order chi connectivity index (χ0) is 14.1. The van der Waals surface area contributed by atoms with Crippen LogP contribution in [-0.4, -0.2) is 28.8 Å². The maximum atomic E-state index is 7.77. The maximum absolute atomic E-state index is 7.77. The number of ether oxygens (including phenoxy) is 1. The molecule has 20 heavy (non-hydrogen) atoms. The first-order valence-electron chi connectivity index (χ1n) is 6.67. The summed E-state index contributed by atoms with van der Waals surface area (Å²) in [7, 11) is 0. The smallest absolute Gasteiger partial charge is 0.125 e. The van der Waals surface area contributed by atoms with E-state index in [2.05, 4.69) is 11.9 Å². The van der Waals surface area contributed by atoms with Crippen molar-refractivity contribution in [1.82, 2.24) is 4.98 Å². The van der Waals surface area contributed by atoms with Crippen LogP contribution in [0.3, 0.4) is 0 Å². The largest absolute Gasteiger partial charge is 0.384 e. The minimum absolute atomic E-state index is 0.0670. The number of fused-ring (bicyclic) bond motifs is 1. The molecule has 0 spiro atoms. The molecule has 4 nitrogen and oxygen atoms in total. The molecular weight excluding hydrogens is 270 g/mol. The van der Waals surface area contributed by atoms with Crippen molar-refractivity contribution in [3.05, 3.63) is 36.0 Å². The van der Waals surface area contributed by atoms with E-state index in [0.717, 1.165) is 28.8 Å². The summed E-state index contributed by atoms with van der Waals surface area (Å²) < 4.78 is 5.63. The molecule has 1 aliphatic rings. The molecule has 2 atom stereocenters. The molecule has 0 aliphatic carbocycles. The van der Waals surface area contributed by atoms with Gasteiger partial charge in [-0.25, -0.2) is 0 Å². The van der Waals surface area contributed by atoms with Crippen LogP contribution in [0.5, 0.6) is 0 Å². The van der Waals surface area contributed by atoms with E-state index in [4.69, 9.17) is 15.9 Å². The lowest BCUT2D eigenvalue weighted by Gasteiger charge is -2.17. The van der Waals surface area contributed by atoms with Crippen molar-refractivity contribution < 1.29 is 4.74 Å². The standard InChI is InChI=1S/C15H17N3OS/c1-9-13(6-7-19-9)20-14-10-4-2-3-5-12(10)18-8-11(14)15(16)17/h2-5,8-9,13H,6-7H2,1H3,(H3,16,17). The molecule has 5 heteroatoms. The van der Waals surface area contributed by atoms with Crippen LogP contribution in [0.15, 0.2) is 35.4 Å². The molecule has 2 unspecified atom stereocenters. The van der Waals surface area contributed by atoms with Gasteiger partial charge in [-0.1, -0.05) is 18.2 Å². The molecule has 1 aliphatic heterocycles. The van der Waals surface area contributed by atoms with Crippen molar-refractivity contribution in [1.29, 1.82) is 5.41 Å². The first-order valence-corrected chi connectivity index (χ1v) is 7.55. The van der Waals surface area contributed by atoms with Gasteiger partial charge in [0.15, 0.2) is 0 Å². The van der Waals surface area contributed by atoms with Crippen LogP contribution in [0.2, 0.25) is 0 Å². The number of nitrogen functional groups attached to an aromatic ring is 1. The Kier molecular flexibility index (Phi) is 3.63. The first kappa shape index (κ1) is 13.4. The number of thioether (sulfide) groups is 1. The van der Waals surface area contributed by atoms with Gasteiger partial charge in [0, 0.05) is 33.9 Å². The zero-order valence-electron chi connectivity index (χ0n) is 11.3. The Bertz CT molecular complexity index is 659. The molecule has 2 heterocycles. The van der Waals surface area contributed by atoms with Crippen LogP contribution in [0.25, 0.3) is 10.9 Å². The van der Waals surface area contributed by atoms with Crippen LogP contribution in [0.4, 0.5) is 0 Å². The topological polar surface area (TPSA) is 72.0 Å². The van der Waals surface area contributed by atoms with Crippen LogP contribution in [0.1, 0.15) is 18.9 Å². The summed E-state index contributed by atoms with van der Waals surface area (Å²) in [6.45, 7) is 2.90. The predicted octanol–water partition coefficient (Wildman–Crippen LogP) is 2.79. The Balaban J connectivity index is 2.09. The lowest BCUT2D eigenvalue weighted by atomic mass is 10.1. The Morgan fingerprint density at radius 1 is 1.45 bits per heavy atom. The highest BCUT2D eigenvalue weighted by molar-refractivity contribution is 8.00. The second-order valence-corrected chi connectivity index (χ2v) is 6.20. The highest BCUT2D eigenvalue weighted by Crippen LogP contribution is 2.38. The number of amidine groups is 1. The summed E-state index contributed by atoms with van der Waals surface area (Å²) in [5, 5.41) is 9.23. The van der Waals surface area contributed by atoms with Gasteiger partial charge in [0.1, 0.15) is 5.84 Å². The van der Waals surface area contributed by atoms with E-state index in [1.807, 2.05) is 24.3 Å². The van der Waals surface area contributed by atoms with Gasteiger partial charge < -0.3 is 10.5 Å². The van der Waals surface area contributed by atoms with Crippen molar-refractivity contribution in [2.24, 2.45) is 5.73 Å². The van der Waals surface area contributed by atoms with Gasteiger partial charge in [0.25, 0.3) is 0 Å². The molecular formula is C15H17N3OS. The van der Waals surface area contributed by atoms with E-state index in [-0.39, 0.29) is 11.9 Å². The second kappa shape index (κ2) is 5.42. The van der Waals surface area contributed by atoms with Gasteiger partial charge in [-0.05, 0) is 19.4 Å². The number of nitrogens with one attached hydrogen (secondary N) is 1. The SMILES string of the molecule is CC1OCCC1Sc1c(C(=N)N)cnc2ccccc12. The Labute approximate surface area is 122 Å². The molecule has 0 amide bonds. The van der Waals surface area contributed by atoms with E-state index in [9.17, 15) is 0 Å². The summed E-state index contributed by atoms with van der Waals surface area (Å²) >= 11 is 1.76. The van der Waals surface area contributed by atoms with E-state index >= 15 is 0 Å². The highest BCUT2D eigenvalue weighted by atomic mass is 32.2. The van der Waals surface area contributed by atoms with Gasteiger partial charge >= 0.3 is 0 Å². The molecule has 0 bridgehead atoms. The van der Waals surface area contributed by atoms with E-state index in [1.165, 1.54) is 0 Å². The Morgan fingerprint density at radius 2 is 2.25 bits per heavy atom. The van der Waals surface area contributed by atoms with Crippen molar-refractivity contribution in [2.75, 3.05) is 6.61 Å². The molecule has 0 radical (unpaired) electrons. The predicted molar refractivity (Wildman–Crippen MR) is 82.4 cm³/mol. The number of nitrogens with two attached hydrogens (primary N) is 1. The third-order valence-corrected chi connectivity index (χ3v) is 5.19. The minimum Gasteiger partial charge on any atom is -0.384 e. The van der Waals surface area contributed by atoms with Crippen LogP contribution in [0, 0.1) is 5.41 Å². The number of aromatic nitrogens is 1. The molecule has 1 saturated heterocycles. The first-order chi connectivity index (χ1) is 9.66. The minimum atomic E-state index is 0.0670. The van der Waals surface area contributed by atoms with Gasteiger partial charge in [-0.15, -0.1) is 11.8 Å². The van der Waals surface area contributed by atoms with Crippen molar-refractivity contribution >= 4 is 28.5 Å². The number of hydrogen-bond acceptors (Lipinski definition) is 4. The number of pyridine rings is 1. The van der Waals surface area contributed by atoms with E-state index in [1.54, 1.807) is 18.0 Å². The third-order valence-electron chi connectivity index (χ3n) is 3.59. The summed E-state index contributed by atoms with van der Waals surface area (Å²) in [5.41, 5.74) is 7.37. The average Bonchev–Trinajstić information content (AvgIpc) is 2.84. The van der Waals surface area contributed by atoms with Gasteiger partial charge in [0.2, 0.25) is 0 Å². The summed E-state index contributed by atoms with van der Waals surface area (Å²) in [6.07, 6.45) is 2.96. The van der Waals surface area contributed by atoms with E-state index < -0.39 is 0 Å². The lowest BCUT2D eigenvalue weighted by molar-refractivity contribution is 0.127. The molecule has 3 N–H and O–H groups in total. The molecule has 2 aromatic rings.